The van der Waals surface area contributed by atoms with E-state index in [1.165, 1.54) is 24.6 Å². The predicted molar refractivity (Wildman–Crippen MR) is 155 cm³/mol. The molecule has 7 heteroatoms. The van der Waals surface area contributed by atoms with Crippen LogP contribution in [0.2, 0.25) is 0 Å². The van der Waals surface area contributed by atoms with Gasteiger partial charge in [0.25, 0.3) is 5.91 Å². The first-order valence-corrected chi connectivity index (χ1v) is 13.8. The number of aryl methyl sites for hydroxylation is 1. The summed E-state index contributed by atoms with van der Waals surface area (Å²) in [5.41, 5.74) is 5.46. The molecule has 0 unspecified atom stereocenters. The molecule has 2 aliphatic rings. The molecule has 2 aromatic carbocycles. The zero-order chi connectivity index (χ0) is 27.1. The van der Waals surface area contributed by atoms with Gasteiger partial charge < -0.3 is 25.8 Å². The van der Waals surface area contributed by atoms with Gasteiger partial charge in [-0.3, -0.25) is 9.59 Å². The molecule has 0 saturated carbocycles. The van der Waals surface area contributed by atoms with Crippen molar-refractivity contribution in [2.24, 2.45) is 5.92 Å². The zero-order valence-corrected chi connectivity index (χ0v) is 22.9. The standard InChI is InChI=1S/C31H41N5O2/c1-4-5-14-35-20-28(21-35)30(37)34-29-17-26(7-6-22(29)2)31(38)36-15-12-25(13-16-36)23-8-10-24(11-9-23)27(18-32)19-33-3/h6-11,17-19,25,28,32-33H,4-5,12-16,20-21H2,1-3H3,(H,34,37)/b27-19+,32-18?. The monoisotopic (exact) mass is 515 g/mol. The molecule has 0 aliphatic carbocycles. The number of likely N-dealkylation sites (tertiary alicyclic amines) is 2. The summed E-state index contributed by atoms with van der Waals surface area (Å²) in [5, 5.41) is 13.7. The Morgan fingerprint density at radius 3 is 2.37 bits per heavy atom. The number of rotatable bonds is 10. The predicted octanol–water partition coefficient (Wildman–Crippen LogP) is 4.90. The van der Waals surface area contributed by atoms with Crippen LogP contribution in [0.5, 0.6) is 0 Å². The highest BCUT2D eigenvalue weighted by Gasteiger charge is 2.32. The van der Waals surface area contributed by atoms with Crippen LogP contribution in [0.3, 0.4) is 0 Å². The minimum absolute atomic E-state index is 0.0229. The number of hydrogen-bond acceptors (Lipinski definition) is 5. The summed E-state index contributed by atoms with van der Waals surface area (Å²) in [5.74, 6) is 0.509. The molecule has 202 valence electrons. The number of nitrogens with one attached hydrogen (secondary N) is 3. The number of anilines is 1. The van der Waals surface area contributed by atoms with Crippen molar-refractivity contribution >= 4 is 29.3 Å². The van der Waals surface area contributed by atoms with E-state index in [9.17, 15) is 9.59 Å². The average molecular weight is 516 g/mol. The summed E-state index contributed by atoms with van der Waals surface area (Å²) in [6.07, 6.45) is 7.35. The second-order valence-electron chi connectivity index (χ2n) is 10.6. The van der Waals surface area contributed by atoms with Gasteiger partial charge in [0.05, 0.1) is 5.92 Å². The van der Waals surface area contributed by atoms with Crippen molar-refractivity contribution in [3.63, 3.8) is 0 Å². The van der Waals surface area contributed by atoms with Crippen molar-refractivity contribution in [1.29, 1.82) is 5.41 Å². The number of nitrogens with zero attached hydrogens (tertiary/aromatic N) is 2. The van der Waals surface area contributed by atoms with Crippen LogP contribution in [-0.4, -0.2) is 67.6 Å². The van der Waals surface area contributed by atoms with E-state index in [0.717, 1.165) is 54.9 Å². The summed E-state index contributed by atoms with van der Waals surface area (Å²) < 4.78 is 0. The summed E-state index contributed by atoms with van der Waals surface area (Å²) in [6.45, 7) is 8.26. The minimum atomic E-state index is 0.0229. The molecule has 2 saturated heterocycles. The molecule has 2 heterocycles. The molecule has 7 nitrogen and oxygen atoms in total. The fourth-order valence-electron chi connectivity index (χ4n) is 5.33. The van der Waals surface area contributed by atoms with Crippen molar-refractivity contribution < 1.29 is 9.59 Å². The largest absolute Gasteiger partial charge is 0.393 e. The van der Waals surface area contributed by atoms with Crippen LogP contribution in [0.25, 0.3) is 5.57 Å². The molecule has 2 aromatic rings. The smallest absolute Gasteiger partial charge is 0.253 e. The van der Waals surface area contributed by atoms with E-state index >= 15 is 0 Å². The number of amides is 2. The van der Waals surface area contributed by atoms with Gasteiger partial charge >= 0.3 is 0 Å². The lowest BCUT2D eigenvalue weighted by atomic mass is 9.88. The number of piperidine rings is 1. The third kappa shape index (κ3) is 6.51. The van der Waals surface area contributed by atoms with Crippen molar-refractivity contribution in [1.82, 2.24) is 15.1 Å². The molecule has 0 bridgehead atoms. The number of unbranched alkanes of at least 4 members (excludes halogenated alkanes) is 1. The van der Waals surface area contributed by atoms with Crippen molar-refractivity contribution in [2.45, 2.75) is 45.4 Å². The Hall–Kier alpha value is -3.45. The highest BCUT2D eigenvalue weighted by molar-refractivity contribution is 6.08. The van der Waals surface area contributed by atoms with Gasteiger partial charge in [-0.05, 0) is 67.5 Å². The normalized spacial score (nSPS) is 17.1. The summed E-state index contributed by atoms with van der Waals surface area (Å²) >= 11 is 0. The Morgan fingerprint density at radius 2 is 1.74 bits per heavy atom. The fourth-order valence-corrected chi connectivity index (χ4v) is 5.33. The second-order valence-corrected chi connectivity index (χ2v) is 10.6. The van der Waals surface area contributed by atoms with Crippen molar-refractivity contribution in [3.8, 4) is 0 Å². The zero-order valence-electron chi connectivity index (χ0n) is 22.9. The van der Waals surface area contributed by atoms with Gasteiger partial charge in [0, 0.05) is 62.5 Å². The van der Waals surface area contributed by atoms with Crippen LogP contribution in [0.15, 0.2) is 48.7 Å². The van der Waals surface area contributed by atoms with E-state index in [2.05, 4.69) is 46.7 Å². The number of carbonyl (C=O) groups is 2. The van der Waals surface area contributed by atoms with Crippen LogP contribution < -0.4 is 10.6 Å². The maximum Gasteiger partial charge on any atom is 0.253 e. The lowest BCUT2D eigenvalue weighted by molar-refractivity contribution is -0.124. The molecule has 2 fully saturated rings. The molecule has 3 N–H and O–H groups in total. The topological polar surface area (TPSA) is 88.5 Å². The second kappa shape index (κ2) is 12.9. The van der Waals surface area contributed by atoms with E-state index in [1.807, 2.05) is 43.3 Å². The Labute approximate surface area is 226 Å². The molecular formula is C31H41N5O2. The molecule has 4 rings (SSSR count). The fraction of sp³-hybridized carbons (Fsp3) is 0.452. The molecule has 0 atom stereocenters. The molecule has 0 aromatic heterocycles. The van der Waals surface area contributed by atoms with Gasteiger partial charge in [-0.2, -0.15) is 0 Å². The van der Waals surface area contributed by atoms with E-state index in [1.54, 1.807) is 0 Å². The lowest BCUT2D eigenvalue weighted by Gasteiger charge is -2.38. The maximum atomic E-state index is 13.3. The van der Waals surface area contributed by atoms with Gasteiger partial charge in [-0.25, -0.2) is 0 Å². The molecule has 2 amide bonds. The van der Waals surface area contributed by atoms with Gasteiger partial charge in [-0.15, -0.1) is 0 Å². The van der Waals surface area contributed by atoms with Crippen molar-refractivity contribution in [3.05, 3.63) is 70.9 Å². The van der Waals surface area contributed by atoms with Gasteiger partial charge in [0.15, 0.2) is 0 Å². The number of benzene rings is 2. The first-order chi connectivity index (χ1) is 18.4. The first kappa shape index (κ1) is 27.6. The highest BCUT2D eigenvalue weighted by atomic mass is 16.2. The van der Waals surface area contributed by atoms with Crippen LogP contribution in [0.1, 0.15) is 65.6 Å². The Bertz CT molecular complexity index is 1160. The molecule has 2 aliphatic heterocycles. The van der Waals surface area contributed by atoms with Crippen LogP contribution in [-0.2, 0) is 4.79 Å². The minimum Gasteiger partial charge on any atom is -0.393 e. The third-order valence-corrected chi connectivity index (χ3v) is 7.85. The quantitative estimate of drug-likeness (QED) is 0.393. The number of allylic oxidation sites excluding steroid dienone is 1. The van der Waals surface area contributed by atoms with E-state index < -0.39 is 0 Å². The van der Waals surface area contributed by atoms with Gasteiger partial charge in [0.2, 0.25) is 5.91 Å². The van der Waals surface area contributed by atoms with E-state index in [0.29, 0.717) is 24.6 Å². The van der Waals surface area contributed by atoms with Crippen molar-refractivity contribution in [2.75, 3.05) is 45.1 Å². The first-order valence-electron chi connectivity index (χ1n) is 13.8. The molecule has 38 heavy (non-hydrogen) atoms. The molecular weight excluding hydrogens is 474 g/mol. The number of hydrogen-bond donors (Lipinski definition) is 3. The maximum absolute atomic E-state index is 13.3. The summed E-state index contributed by atoms with van der Waals surface area (Å²) in [6, 6.07) is 14.1. The third-order valence-electron chi connectivity index (χ3n) is 7.85. The Morgan fingerprint density at radius 1 is 1.05 bits per heavy atom. The Kier molecular flexibility index (Phi) is 9.34. The van der Waals surface area contributed by atoms with Gasteiger partial charge in [-0.1, -0.05) is 43.7 Å². The van der Waals surface area contributed by atoms with Crippen LogP contribution >= 0.6 is 0 Å². The molecule has 0 radical (unpaired) electrons. The Balaban J connectivity index is 1.32. The van der Waals surface area contributed by atoms with E-state index in [-0.39, 0.29) is 17.7 Å². The van der Waals surface area contributed by atoms with Gasteiger partial charge in [0.1, 0.15) is 0 Å². The average Bonchev–Trinajstić information content (AvgIpc) is 2.92. The van der Waals surface area contributed by atoms with E-state index in [4.69, 9.17) is 5.41 Å². The van der Waals surface area contributed by atoms with Crippen LogP contribution in [0.4, 0.5) is 5.69 Å². The highest BCUT2D eigenvalue weighted by Crippen LogP contribution is 2.30. The SMILES string of the molecule is CCCCN1CC(C(=O)Nc2cc(C(=O)N3CCC(c4ccc(/C(C=N)=C/NC)cc4)CC3)ccc2C)C1. The molecule has 0 spiro atoms. The number of carbonyl (C=O) groups excluding carboxylic acids is 2. The summed E-state index contributed by atoms with van der Waals surface area (Å²) in [4.78, 5) is 30.4. The lowest BCUT2D eigenvalue weighted by Crippen LogP contribution is -2.52. The van der Waals surface area contributed by atoms with Crippen LogP contribution in [0, 0.1) is 18.3 Å². The summed E-state index contributed by atoms with van der Waals surface area (Å²) in [7, 11) is 1.83.